The first kappa shape index (κ1) is 17.1. The smallest absolute Gasteiger partial charge is 0.240 e. The van der Waals surface area contributed by atoms with Gasteiger partial charge in [-0.15, -0.1) is 0 Å². The SMILES string of the molecule is Cc1nc2cc3c(cc2n1CC(=O)N[C@@H]1CCCc2ccccc21)OCCO3. The van der Waals surface area contributed by atoms with E-state index in [2.05, 4.69) is 28.5 Å². The molecule has 0 saturated heterocycles. The largest absolute Gasteiger partial charge is 0.486 e. The van der Waals surface area contributed by atoms with E-state index in [-0.39, 0.29) is 18.5 Å². The van der Waals surface area contributed by atoms with Gasteiger partial charge in [0.15, 0.2) is 11.5 Å². The normalized spacial score (nSPS) is 18.0. The summed E-state index contributed by atoms with van der Waals surface area (Å²) < 4.78 is 13.3. The first-order valence-corrected chi connectivity index (χ1v) is 9.83. The number of ether oxygens (including phenoxy) is 2. The molecule has 6 nitrogen and oxygen atoms in total. The quantitative estimate of drug-likeness (QED) is 0.761. The molecule has 0 radical (unpaired) electrons. The van der Waals surface area contributed by atoms with Crippen molar-refractivity contribution in [3.63, 3.8) is 0 Å². The van der Waals surface area contributed by atoms with E-state index in [9.17, 15) is 4.79 Å². The highest BCUT2D eigenvalue weighted by Gasteiger charge is 2.23. The Hall–Kier alpha value is -3.02. The molecule has 1 N–H and O–H groups in total. The van der Waals surface area contributed by atoms with Crippen molar-refractivity contribution < 1.29 is 14.3 Å². The fourth-order valence-corrected chi connectivity index (χ4v) is 4.27. The van der Waals surface area contributed by atoms with Crippen LogP contribution in [0.15, 0.2) is 36.4 Å². The van der Waals surface area contributed by atoms with E-state index in [1.54, 1.807) is 0 Å². The zero-order valence-electron chi connectivity index (χ0n) is 15.9. The Balaban J connectivity index is 1.40. The average molecular weight is 377 g/mol. The maximum absolute atomic E-state index is 12.9. The summed E-state index contributed by atoms with van der Waals surface area (Å²) in [5.41, 5.74) is 4.29. The van der Waals surface area contributed by atoms with Crippen molar-refractivity contribution in [1.29, 1.82) is 0 Å². The summed E-state index contributed by atoms with van der Waals surface area (Å²) in [5.74, 6) is 2.23. The van der Waals surface area contributed by atoms with Crippen molar-refractivity contribution >= 4 is 16.9 Å². The lowest BCUT2D eigenvalue weighted by Crippen LogP contribution is -2.33. The number of rotatable bonds is 3. The van der Waals surface area contributed by atoms with Crippen molar-refractivity contribution in [1.82, 2.24) is 14.9 Å². The minimum atomic E-state index is -0.000933. The number of benzene rings is 2. The number of carbonyl (C=O) groups excluding carboxylic acids is 1. The summed E-state index contributed by atoms with van der Waals surface area (Å²) in [7, 11) is 0. The van der Waals surface area contributed by atoms with Crippen molar-refractivity contribution in [3.05, 3.63) is 53.3 Å². The number of aromatic nitrogens is 2. The molecule has 1 amide bonds. The second-order valence-corrected chi connectivity index (χ2v) is 7.44. The standard InChI is InChI=1S/C22H23N3O3/c1-14-23-18-11-20-21(28-10-9-27-20)12-19(18)25(14)13-22(26)24-17-8-4-6-15-5-2-3-7-16(15)17/h2-3,5,7,11-12,17H,4,6,8-10,13H2,1H3,(H,24,26)/t17-/m1/s1. The number of amides is 1. The van der Waals surface area contributed by atoms with Crippen LogP contribution in [-0.2, 0) is 17.8 Å². The number of carbonyl (C=O) groups is 1. The molecule has 2 aliphatic rings. The van der Waals surface area contributed by atoms with Crippen LogP contribution >= 0.6 is 0 Å². The summed E-state index contributed by atoms with van der Waals surface area (Å²) in [4.78, 5) is 17.5. The van der Waals surface area contributed by atoms with Gasteiger partial charge >= 0.3 is 0 Å². The van der Waals surface area contributed by atoms with Crippen molar-refractivity contribution in [3.8, 4) is 11.5 Å². The molecule has 6 heteroatoms. The van der Waals surface area contributed by atoms with Crippen LogP contribution in [0.1, 0.15) is 35.8 Å². The summed E-state index contributed by atoms with van der Waals surface area (Å²) >= 11 is 0. The second kappa shape index (κ2) is 6.86. The minimum Gasteiger partial charge on any atom is -0.486 e. The van der Waals surface area contributed by atoms with E-state index in [0.717, 1.165) is 36.1 Å². The van der Waals surface area contributed by atoms with Crippen molar-refractivity contribution in [2.75, 3.05) is 13.2 Å². The topological polar surface area (TPSA) is 65.4 Å². The first-order chi connectivity index (χ1) is 13.7. The number of fused-ring (bicyclic) bond motifs is 3. The highest BCUT2D eigenvalue weighted by molar-refractivity contribution is 5.84. The molecule has 1 aliphatic carbocycles. The van der Waals surface area contributed by atoms with Crippen molar-refractivity contribution in [2.24, 2.45) is 0 Å². The average Bonchev–Trinajstić information content (AvgIpc) is 3.01. The Morgan fingerprint density at radius 2 is 2.00 bits per heavy atom. The lowest BCUT2D eigenvalue weighted by atomic mass is 9.88. The third-order valence-electron chi connectivity index (χ3n) is 5.61. The van der Waals surface area contributed by atoms with Crippen LogP contribution in [-0.4, -0.2) is 28.7 Å². The predicted octanol–water partition coefficient (Wildman–Crippen LogP) is 3.31. The van der Waals surface area contributed by atoms with Gasteiger partial charge in [0, 0.05) is 12.1 Å². The predicted molar refractivity (Wildman–Crippen MR) is 106 cm³/mol. The molecule has 0 unspecified atom stereocenters. The summed E-state index contributed by atoms with van der Waals surface area (Å²) in [6, 6.07) is 12.3. The Labute approximate surface area is 163 Å². The number of hydrogen-bond acceptors (Lipinski definition) is 4. The van der Waals surface area contributed by atoms with Crippen LogP contribution in [0.25, 0.3) is 11.0 Å². The van der Waals surface area contributed by atoms with E-state index in [1.165, 1.54) is 11.1 Å². The van der Waals surface area contributed by atoms with Gasteiger partial charge < -0.3 is 19.4 Å². The number of aryl methyl sites for hydroxylation is 2. The summed E-state index contributed by atoms with van der Waals surface area (Å²) in [6.45, 7) is 3.24. The zero-order chi connectivity index (χ0) is 19.1. The van der Waals surface area contributed by atoms with E-state index in [0.29, 0.717) is 24.7 Å². The molecule has 0 bridgehead atoms. The van der Waals surface area contributed by atoms with Gasteiger partial charge in [-0.1, -0.05) is 24.3 Å². The Morgan fingerprint density at radius 3 is 2.86 bits per heavy atom. The van der Waals surface area contributed by atoms with Gasteiger partial charge in [-0.05, 0) is 37.3 Å². The highest BCUT2D eigenvalue weighted by Crippen LogP contribution is 2.35. The van der Waals surface area contributed by atoms with Gasteiger partial charge in [0.25, 0.3) is 0 Å². The molecule has 5 rings (SSSR count). The molecule has 3 aromatic rings. The summed E-state index contributed by atoms with van der Waals surface area (Å²) in [6.07, 6.45) is 3.16. The zero-order valence-corrected chi connectivity index (χ0v) is 15.9. The molecular weight excluding hydrogens is 354 g/mol. The molecule has 1 atom stereocenters. The third kappa shape index (κ3) is 2.99. The Bertz CT molecular complexity index is 1060. The third-order valence-corrected chi connectivity index (χ3v) is 5.61. The van der Waals surface area contributed by atoms with Crippen LogP contribution in [0.5, 0.6) is 11.5 Å². The molecular formula is C22H23N3O3. The van der Waals surface area contributed by atoms with Gasteiger partial charge in [0.1, 0.15) is 25.6 Å². The van der Waals surface area contributed by atoms with Crippen molar-refractivity contribution in [2.45, 2.75) is 38.8 Å². The fourth-order valence-electron chi connectivity index (χ4n) is 4.27. The van der Waals surface area contributed by atoms with E-state index in [1.807, 2.05) is 29.7 Å². The van der Waals surface area contributed by atoms with Gasteiger partial charge in [-0.2, -0.15) is 0 Å². The van der Waals surface area contributed by atoms with Gasteiger partial charge in [0.05, 0.1) is 17.1 Å². The van der Waals surface area contributed by atoms with Crippen LogP contribution < -0.4 is 14.8 Å². The maximum Gasteiger partial charge on any atom is 0.240 e. The molecule has 2 aromatic carbocycles. The summed E-state index contributed by atoms with van der Waals surface area (Å²) in [5, 5.41) is 3.22. The lowest BCUT2D eigenvalue weighted by molar-refractivity contribution is -0.122. The number of hydrogen-bond donors (Lipinski definition) is 1. The van der Waals surface area contributed by atoms with Crippen LogP contribution in [0, 0.1) is 6.92 Å². The van der Waals surface area contributed by atoms with Gasteiger partial charge in [0.2, 0.25) is 5.91 Å². The Kier molecular flexibility index (Phi) is 4.19. The molecule has 28 heavy (non-hydrogen) atoms. The molecule has 144 valence electrons. The maximum atomic E-state index is 12.9. The van der Waals surface area contributed by atoms with Crippen LogP contribution in [0.2, 0.25) is 0 Å². The molecule has 0 spiro atoms. The molecule has 0 saturated carbocycles. The number of imidazole rings is 1. The Morgan fingerprint density at radius 1 is 1.21 bits per heavy atom. The molecule has 1 aliphatic heterocycles. The van der Waals surface area contributed by atoms with Gasteiger partial charge in [-0.25, -0.2) is 4.98 Å². The van der Waals surface area contributed by atoms with Crippen LogP contribution in [0.4, 0.5) is 0 Å². The molecule has 0 fully saturated rings. The number of nitrogens with one attached hydrogen (secondary N) is 1. The van der Waals surface area contributed by atoms with E-state index >= 15 is 0 Å². The highest BCUT2D eigenvalue weighted by atomic mass is 16.6. The lowest BCUT2D eigenvalue weighted by Gasteiger charge is -2.26. The first-order valence-electron chi connectivity index (χ1n) is 9.83. The second-order valence-electron chi connectivity index (χ2n) is 7.44. The molecule has 2 heterocycles. The minimum absolute atomic E-state index is 0.000933. The molecule has 1 aromatic heterocycles. The monoisotopic (exact) mass is 377 g/mol. The van der Waals surface area contributed by atoms with Gasteiger partial charge in [-0.3, -0.25) is 4.79 Å². The fraction of sp³-hybridized carbons (Fsp3) is 0.364. The number of nitrogens with zero attached hydrogens (tertiary/aromatic N) is 2. The van der Waals surface area contributed by atoms with Crippen LogP contribution in [0.3, 0.4) is 0 Å². The van der Waals surface area contributed by atoms with E-state index < -0.39 is 0 Å². The van der Waals surface area contributed by atoms with E-state index in [4.69, 9.17) is 9.47 Å².